The van der Waals surface area contributed by atoms with Crippen LogP contribution in [0.4, 0.5) is 19.7 Å². The summed E-state index contributed by atoms with van der Waals surface area (Å²) in [6.07, 6.45) is 1.41. The van der Waals surface area contributed by atoms with Crippen LogP contribution < -0.4 is 10.1 Å². The topological polar surface area (TPSA) is 71.1 Å². The van der Waals surface area contributed by atoms with Crippen LogP contribution in [0.5, 0.6) is 5.75 Å². The summed E-state index contributed by atoms with van der Waals surface area (Å²) < 4.78 is 24.3. The standard InChI is InChI=1S/C21H32FN3O4/c1-6-28-18-12-16(22)9-10-17(18)23-19(26)25-11-7-8-15(14-25)13-24(5)20(27)29-21(2,3)4/h9-10,12,15H,6-8,11,13-14H2,1-5H3,(H,23,26). The van der Waals surface area contributed by atoms with Gasteiger partial charge in [0.1, 0.15) is 17.2 Å². The number of anilines is 1. The number of carbonyl (C=O) groups excluding carboxylic acids is 2. The predicted octanol–water partition coefficient (Wildman–Crippen LogP) is 4.34. The van der Waals surface area contributed by atoms with Crippen LogP contribution in [-0.2, 0) is 4.74 Å². The minimum Gasteiger partial charge on any atom is -0.492 e. The number of hydrogen-bond donors (Lipinski definition) is 1. The van der Waals surface area contributed by atoms with Crippen molar-refractivity contribution < 1.29 is 23.5 Å². The number of likely N-dealkylation sites (tertiary alicyclic amines) is 1. The quantitative estimate of drug-likeness (QED) is 0.786. The zero-order chi connectivity index (χ0) is 21.6. The molecule has 0 bridgehead atoms. The lowest BCUT2D eigenvalue weighted by atomic mass is 9.98. The molecule has 1 unspecified atom stereocenters. The van der Waals surface area contributed by atoms with Gasteiger partial charge in [0.15, 0.2) is 0 Å². The van der Waals surface area contributed by atoms with Crippen molar-refractivity contribution in [3.8, 4) is 5.75 Å². The number of urea groups is 1. The van der Waals surface area contributed by atoms with Crippen LogP contribution in [0, 0.1) is 11.7 Å². The number of benzene rings is 1. The average molecular weight is 410 g/mol. The van der Waals surface area contributed by atoms with E-state index in [0.717, 1.165) is 12.8 Å². The van der Waals surface area contributed by atoms with Gasteiger partial charge in [0.05, 0.1) is 12.3 Å². The van der Waals surface area contributed by atoms with E-state index in [9.17, 15) is 14.0 Å². The molecule has 0 saturated carbocycles. The molecule has 0 spiro atoms. The highest BCUT2D eigenvalue weighted by Crippen LogP contribution is 2.27. The average Bonchev–Trinajstić information content (AvgIpc) is 2.63. The Morgan fingerprint density at radius 1 is 1.34 bits per heavy atom. The van der Waals surface area contributed by atoms with Gasteiger partial charge in [0.25, 0.3) is 0 Å². The lowest BCUT2D eigenvalue weighted by Gasteiger charge is -2.35. The summed E-state index contributed by atoms with van der Waals surface area (Å²) in [7, 11) is 1.71. The molecule has 1 aromatic carbocycles. The van der Waals surface area contributed by atoms with Crippen LogP contribution in [-0.4, -0.2) is 60.8 Å². The number of hydrogen-bond acceptors (Lipinski definition) is 4. The van der Waals surface area contributed by atoms with Crippen molar-refractivity contribution in [1.82, 2.24) is 9.80 Å². The highest BCUT2D eigenvalue weighted by Gasteiger charge is 2.27. The molecular formula is C21H32FN3O4. The Morgan fingerprint density at radius 2 is 2.07 bits per heavy atom. The second kappa shape index (κ2) is 9.80. The Morgan fingerprint density at radius 3 is 2.72 bits per heavy atom. The Balaban J connectivity index is 1.95. The zero-order valence-electron chi connectivity index (χ0n) is 18.0. The lowest BCUT2D eigenvalue weighted by Crippen LogP contribution is -2.46. The summed E-state index contributed by atoms with van der Waals surface area (Å²) in [5.74, 6) is 0.0420. The first kappa shape index (κ1) is 22.8. The summed E-state index contributed by atoms with van der Waals surface area (Å²) in [5, 5.41) is 2.81. The third-order valence-electron chi connectivity index (χ3n) is 4.53. The fourth-order valence-corrected chi connectivity index (χ4v) is 3.27. The minimum absolute atomic E-state index is 0.159. The molecule has 0 aromatic heterocycles. The van der Waals surface area contributed by atoms with E-state index < -0.39 is 11.4 Å². The smallest absolute Gasteiger partial charge is 0.410 e. The molecule has 1 saturated heterocycles. The number of nitrogens with one attached hydrogen (secondary N) is 1. The molecule has 1 aliphatic rings. The molecule has 1 aromatic rings. The predicted molar refractivity (Wildman–Crippen MR) is 110 cm³/mol. The van der Waals surface area contributed by atoms with Crippen molar-refractivity contribution in [3.63, 3.8) is 0 Å². The molecule has 1 aliphatic heterocycles. The first-order chi connectivity index (χ1) is 13.6. The number of carbonyl (C=O) groups is 2. The van der Waals surface area contributed by atoms with Gasteiger partial charge in [0.2, 0.25) is 0 Å². The highest BCUT2D eigenvalue weighted by atomic mass is 19.1. The Kier molecular flexibility index (Phi) is 7.70. The molecule has 0 radical (unpaired) electrons. The molecule has 7 nitrogen and oxygen atoms in total. The van der Waals surface area contributed by atoms with E-state index >= 15 is 0 Å². The molecule has 2 rings (SSSR count). The van der Waals surface area contributed by atoms with Crippen molar-refractivity contribution in [2.24, 2.45) is 5.92 Å². The molecule has 3 amide bonds. The first-order valence-electron chi connectivity index (χ1n) is 10.0. The first-order valence-corrected chi connectivity index (χ1v) is 10.0. The van der Waals surface area contributed by atoms with Gasteiger partial charge in [-0.1, -0.05) is 0 Å². The van der Waals surface area contributed by atoms with Gasteiger partial charge in [-0.05, 0) is 58.6 Å². The van der Waals surface area contributed by atoms with Gasteiger partial charge in [-0.3, -0.25) is 0 Å². The van der Waals surface area contributed by atoms with Crippen molar-refractivity contribution in [2.75, 3.05) is 38.6 Å². The molecule has 1 N–H and O–H groups in total. The van der Waals surface area contributed by atoms with Gasteiger partial charge in [0, 0.05) is 32.7 Å². The SMILES string of the molecule is CCOc1cc(F)ccc1NC(=O)N1CCCC(CN(C)C(=O)OC(C)(C)C)C1. The number of ether oxygens (including phenoxy) is 2. The summed E-state index contributed by atoms with van der Waals surface area (Å²) >= 11 is 0. The lowest BCUT2D eigenvalue weighted by molar-refractivity contribution is 0.0253. The second-order valence-corrected chi connectivity index (χ2v) is 8.32. The second-order valence-electron chi connectivity index (χ2n) is 8.32. The van der Waals surface area contributed by atoms with Crippen LogP contribution in [0.3, 0.4) is 0 Å². The molecule has 1 fully saturated rings. The van der Waals surface area contributed by atoms with Gasteiger partial charge in [-0.2, -0.15) is 0 Å². The van der Waals surface area contributed by atoms with Gasteiger partial charge >= 0.3 is 12.1 Å². The monoisotopic (exact) mass is 409 g/mol. The summed E-state index contributed by atoms with van der Waals surface area (Å²) in [4.78, 5) is 28.2. The van der Waals surface area contributed by atoms with E-state index in [2.05, 4.69) is 5.32 Å². The van der Waals surface area contributed by atoms with E-state index in [1.165, 1.54) is 18.2 Å². The molecule has 1 atom stereocenters. The van der Waals surface area contributed by atoms with Crippen LogP contribution in [0.25, 0.3) is 0 Å². The summed E-state index contributed by atoms with van der Waals surface area (Å²) in [5.41, 5.74) is -0.108. The van der Waals surface area contributed by atoms with E-state index in [4.69, 9.17) is 9.47 Å². The van der Waals surface area contributed by atoms with Crippen molar-refractivity contribution >= 4 is 17.8 Å². The van der Waals surface area contributed by atoms with Crippen molar-refractivity contribution in [3.05, 3.63) is 24.0 Å². The minimum atomic E-state index is -0.544. The maximum atomic E-state index is 13.5. The Bertz CT molecular complexity index is 720. The molecule has 162 valence electrons. The van der Waals surface area contributed by atoms with Gasteiger partial charge in [-0.25, -0.2) is 14.0 Å². The van der Waals surface area contributed by atoms with Crippen molar-refractivity contribution in [2.45, 2.75) is 46.1 Å². The maximum absolute atomic E-state index is 13.5. The van der Waals surface area contributed by atoms with Gasteiger partial charge in [-0.15, -0.1) is 0 Å². The largest absolute Gasteiger partial charge is 0.492 e. The van der Waals surface area contributed by atoms with E-state index in [-0.39, 0.29) is 18.0 Å². The molecule has 29 heavy (non-hydrogen) atoms. The van der Waals surface area contributed by atoms with E-state index in [1.54, 1.807) is 23.8 Å². The fourth-order valence-electron chi connectivity index (χ4n) is 3.27. The highest BCUT2D eigenvalue weighted by molar-refractivity contribution is 5.91. The van der Waals surface area contributed by atoms with Crippen molar-refractivity contribution in [1.29, 1.82) is 0 Å². The van der Waals surface area contributed by atoms with E-state index in [0.29, 0.717) is 37.7 Å². The number of piperidine rings is 1. The summed E-state index contributed by atoms with van der Waals surface area (Å²) in [6, 6.07) is 3.78. The number of amides is 3. The van der Waals surface area contributed by atoms with Crippen LogP contribution in [0.15, 0.2) is 18.2 Å². The third kappa shape index (κ3) is 7.11. The van der Waals surface area contributed by atoms with Crippen LogP contribution in [0.1, 0.15) is 40.5 Å². The fraction of sp³-hybridized carbons (Fsp3) is 0.619. The number of nitrogens with zero attached hydrogens (tertiary/aromatic N) is 2. The third-order valence-corrected chi connectivity index (χ3v) is 4.53. The van der Waals surface area contributed by atoms with Crippen LogP contribution >= 0.6 is 0 Å². The summed E-state index contributed by atoms with van der Waals surface area (Å²) in [6.45, 7) is 9.33. The molecule has 8 heteroatoms. The molecule has 1 heterocycles. The zero-order valence-corrected chi connectivity index (χ0v) is 18.0. The Labute approximate surface area is 172 Å². The normalized spacial score (nSPS) is 16.9. The van der Waals surface area contributed by atoms with E-state index in [1.807, 2.05) is 20.8 Å². The number of rotatable bonds is 5. The molecule has 0 aliphatic carbocycles. The van der Waals surface area contributed by atoms with Gasteiger partial charge < -0.3 is 24.6 Å². The van der Waals surface area contributed by atoms with Crippen LogP contribution in [0.2, 0.25) is 0 Å². The Hall–Kier alpha value is -2.51. The molecular weight excluding hydrogens is 377 g/mol. The maximum Gasteiger partial charge on any atom is 0.410 e. The number of halogens is 1.